The molecule has 2 aliphatic rings. The van der Waals surface area contributed by atoms with E-state index in [1.165, 1.54) is 4.90 Å². The van der Waals surface area contributed by atoms with Gasteiger partial charge < -0.3 is 14.4 Å². The lowest BCUT2D eigenvalue weighted by Gasteiger charge is -2.32. The Hall–Kier alpha value is -2.51. The molecule has 0 saturated carbocycles. The molecule has 3 rings (SSSR count). The molecule has 2 atom stereocenters. The van der Waals surface area contributed by atoms with Gasteiger partial charge in [-0.1, -0.05) is 11.2 Å². The number of benzene rings is 1. The predicted molar refractivity (Wildman–Crippen MR) is 81.1 cm³/mol. The predicted octanol–water partition coefficient (Wildman–Crippen LogP) is 2.45. The highest BCUT2D eigenvalue weighted by Gasteiger charge is 2.32. The number of anilines is 2. The third-order valence-electron chi connectivity index (χ3n) is 3.77. The average molecular weight is 321 g/mol. The summed E-state index contributed by atoms with van der Waals surface area (Å²) in [4.78, 5) is 17.7. The molecule has 23 heavy (non-hydrogen) atoms. The zero-order valence-electron chi connectivity index (χ0n) is 12.3. The van der Waals surface area contributed by atoms with Crippen LogP contribution in [0.3, 0.4) is 0 Å². The number of rotatable bonds is 4. The minimum absolute atomic E-state index is 0.0320. The summed E-state index contributed by atoms with van der Waals surface area (Å²) in [7, 11) is 0. The van der Waals surface area contributed by atoms with Crippen LogP contribution in [-0.4, -0.2) is 51.3 Å². The normalized spacial score (nSPS) is 24.3. The van der Waals surface area contributed by atoms with Crippen molar-refractivity contribution in [3.8, 4) is 0 Å². The van der Waals surface area contributed by atoms with Gasteiger partial charge in [0.05, 0.1) is 26.3 Å². The van der Waals surface area contributed by atoms with Gasteiger partial charge >= 0.3 is 6.09 Å². The Kier molecular flexibility index (Phi) is 4.50. The van der Waals surface area contributed by atoms with E-state index in [1.807, 2.05) is 0 Å². The molecule has 122 valence electrons. The van der Waals surface area contributed by atoms with Gasteiger partial charge in [-0.05, 0) is 23.7 Å². The number of hydrogen-bond donors (Lipinski definition) is 0. The number of halogens is 1. The number of ether oxygens (including phenoxy) is 2. The van der Waals surface area contributed by atoms with Gasteiger partial charge in [-0.2, -0.15) is 0 Å². The third kappa shape index (κ3) is 3.30. The van der Waals surface area contributed by atoms with Crippen molar-refractivity contribution in [3.63, 3.8) is 0 Å². The molecule has 1 amide bonds. The van der Waals surface area contributed by atoms with Crippen LogP contribution in [0, 0.1) is 0 Å². The van der Waals surface area contributed by atoms with Gasteiger partial charge in [-0.15, -0.1) is 0 Å². The second-order valence-electron chi connectivity index (χ2n) is 5.25. The van der Waals surface area contributed by atoms with Gasteiger partial charge in [-0.3, -0.25) is 4.90 Å². The van der Waals surface area contributed by atoms with E-state index in [0.29, 0.717) is 31.1 Å². The summed E-state index contributed by atoms with van der Waals surface area (Å²) in [5.41, 5.74) is 9.64. The van der Waals surface area contributed by atoms with E-state index in [9.17, 15) is 9.18 Å². The number of amides is 1. The molecule has 0 aliphatic carbocycles. The van der Waals surface area contributed by atoms with Crippen molar-refractivity contribution < 1.29 is 18.7 Å². The summed E-state index contributed by atoms with van der Waals surface area (Å²) in [5, 5.41) is 3.42. The summed E-state index contributed by atoms with van der Waals surface area (Å²) in [6.45, 7) is 1.33. The summed E-state index contributed by atoms with van der Waals surface area (Å²) < 4.78 is 24.2. The van der Waals surface area contributed by atoms with Gasteiger partial charge in [0, 0.05) is 22.8 Å². The lowest BCUT2D eigenvalue weighted by Crippen LogP contribution is -2.43. The molecule has 0 unspecified atom stereocenters. The van der Waals surface area contributed by atoms with Crippen molar-refractivity contribution in [1.82, 2.24) is 0 Å². The first kappa shape index (κ1) is 15.4. The first-order chi connectivity index (χ1) is 11.2. The Labute approximate surface area is 132 Å². The smallest absolute Gasteiger partial charge is 0.414 e. The molecular weight excluding hydrogens is 305 g/mol. The SMILES string of the molecule is [N-]=[N+]=NC[C@H]1CN(c2cccc(N3CCOC[C@H]3F)c2)C(=O)O1. The first-order valence-electron chi connectivity index (χ1n) is 7.26. The number of hydrogen-bond acceptors (Lipinski definition) is 5. The molecule has 0 radical (unpaired) electrons. The van der Waals surface area contributed by atoms with Crippen LogP contribution in [0.15, 0.2) is 29.4 Å². The zero-order valence-corrected chi connectivity index (χ0v) is 12.3. The van der Waals surface area contributed by atoms with Crippen LogP contribution < -0.4 is 9.80 Å². The Morgan fingerprint density at radius 1 is 1.43 bits per heavy atom. The Bertz CT molecular complexity index is 637. The molecule has 2 fully saturated rings. The van der Waals surface area contributed by atoms with Crippen molar-refractivity contribution in [3.05, 3.63) is 34.7 Å². The van der Waals surface area contributed by atoms with Crippen LogP contribution in [0.25, 0.3) is 10.4 Å². The van der Waals surface area contributed by atoms with Crippen LogP contribution >= 0.6 is 0 Å². The van der Waals surface area contributed by atoms with Crippen molar-refractivity contribution >= 4 is 17.5 Å². The molecule has 2 heterocycles. The average Bonchev–Trinajstić information content (AvgIpc) is 2.94. The van der Waals surface area contributed by atoms with Gasteiger partial charge in [0.2, 0.25) is 0 Å². The maximum atomic E-state index is 14.0. The van der Waals surface area contributed by atoms with E-state index in [0.717, 1.165) is 0 Å². The molecule has 0 spiro atoms. The molecule has 0 aromatic heterocycles. The minimum Gasteiger partial charge on any atom is -0.444 e. The van der Waals surface area contributed by atoms with Crippen LogP contribution in [0.1, 0.15) is 0 Å². The number of carbonyl (C=O) groups is 1. The van der Waals surface area contributed by atoms with Crippen LogP contribution in [0.4, 0.5) is 20.6 Å². The van der Waals surface area contributed by atoms with E-state index >= 15 is 0 Å². The maximum absolute atomic E-state index is 14.0. The van der Waals surface area contributed by atoms with E-state index in [2.05, 4.69) is 10.0 Å². The Balaban J connectivity index is 1.77. The number of azide groups is 1. The topological polar surface area (TPSA) is 90.8 Å². The van der Waals surface area contributed by atoms with Crippen LogP contribution in [-0.2, 0) is 9.47 Å². The zero-order chi connectivity index (χ0) is 16.2. The maximum Gasteiger partial charge on any atom is 0.414 e. The van der Waals surface area contributed by atoms with Crippen molar-refractivity contribution in [2.75, 3.05) is 42.6 Å². The highest BCUT2D eigenvalue weighted by atomic mass is 19.1. The number of carbonyl (C=O) groups excluding carboxylic acids is 1. The Morgan fingerprint density at radius 3 is 3.04 bits per heavy atom. The van der Waals surface area contributed by atoms with E-state index in [1.54, 1.807) is 29.2 Å². The van der Waals surface area contributed by atoms with Gasteiger partial charge in [-0.25, -0.2) is 9.18 Å². The fourth-order valence-corrected chi connectivity index (χ4v) is 2.66. The molecular formula is C14H16FN5O3. The van der Waals surface area contributed by atoms with Crippen molar-refractivity contribution in [2.45, 2.75) is 12.4 Å². The fraction of sp³-hybridized carbons (Fsp3) is 0.500. The highest BCUT2D eigenvalue weighted by Crippen LogP contribution is 2.28. The summed E-state index contributed by atoms with van der Waals surface area (Å²) in [6.07, 6.45) is -2.18. The molecule has 8 nitrogen and oxygen atoms in total. The van der Waals surface area contributed by atoms with Crippen LogP contribution in [0.2, 0.25) is 0 Å². The standard InChI is InChI=1S/C14H16FN5O3/c15-13-9-22-5-4-19(13)10-2-1-3-11(6-10)20-8-12(7-17-18-16)23-14(20)21/h1-3,6,12-13H,4-5,7-9H2/t12-,13-/m0/s1. The van der Waals surface area contributed by atoms with Crippen molar-refractivity contribution in [2.24, 2.45) is 5.11 Å². The van der Waals surface area contributed by atoms with Crippen LogP contribution in [0.5, 0.6) is 0 Å². The third-order valence-corrected chi connectivity index (χ3v) is 3.77. The summed E-state index contributed by atoms with van der Waals surface area (Å²) >= 11 is 0. The second kappa shape index (κ2) is 6.72. The number of nitrogens with zero attached hydrogens (tertiary/aromatic N) is 5. The lowest BCUT2D eigenvalue weighted by molar-refractivity contribution is 0.0497. The van der Waals surface area contributed by atoms with Gasteiger partial charge in [0.1, 0.15) is 6.10 Å². The fourth-order valence-electron chi connectivity index (χ4n) is 2.66. The molecule has 1 aromatic rings. The largest absolute Gasteiger partial charge is 0.444 e. The highest BCUT2D eigenvalue weighted by molar-refractivity contribution is 5.90. The summed E-state index contributed by atoms with van der Waals surface area (Å²) in [5.74, 6) is 0. The molecule has 2 saturated heterocycles. The molecule has 9 heteroatoms. The molecule has 0 N–H and O–H groups in total. The number of alkyl halides is 1. The van der Waals surface area contributed by atoms with Crippen molar-refractivity contribution in [1.29, 1.82) is 0 Å². The van der Waals surface area contributed by atoms with Gasteiger partial charge in [0.15, 0.2) is 6.30 Å². The second-order valence-corrected chi connectivity index (χ2v) is 5.25. The summed E-state index contributed by atoms with van der Waals surface area (Å²) in [6, 6.07) is 7.06. The Morgan fingerprint density at radius 2 is 2.26 bits per heavy atom. The van der Waals surface area contributed by atoms with E-state index in [4.69, 9.17) is 15.0 Å². The molecule has 1 aromatic carbocycles. The molecule has 0 bridgehead atoms. The number of cyclic esters (lactones) is 1. The number of morpholine rings is 1. The quantitative estimate of drug-likeness (QED) is 0.368. The first-order valence-corrected chi connectivity index (χ1v) is 7.26. The molecule has 2 aliphatic heterocycles. The monoisotopic (exact) mass is 321 g/mol. The van der Waals surface area contributed by atoms with Gasteiger partial charge in [0.25, 0.3) is 0 Å². The van der Waals surface area contributed by atoms with E-state index < -0.39 is 18.5 Å². The minimum atomic E-state index is -1.21. The van der Waals surface area contributed by atoms with E-state index in [-0.39, 0.29) is 13.2 Å². The lowest BCUT2D eigenvalue weighted by atomic mass is 10.2.